The Morgan fingerprint density at radius 3 is 2.32 bits per heavy atom. The molecule has 0 atom stereocenters. The predicted octanol–water partition coefficient (Wildman–Crippen LogP) is 1.89. The highest BCUT2D eigenvalue weighted by molar-refractivity contribution is 7.89. The summed E-state index contributed by atoms with van der Waals surface area (Å²) < 4.78 is 27.1. The minimum Gasteiger partial charge on any atom is -0.362 e. The molecule has 6 nitrogen and oxygen atoms in total. The van der Waals surface area contributed by atoms with Crippen LogP contribution in [0, 0.1) is 6.92 Å². The molecule has 0 radical (unpaired) electrons. The van der Waals surface area contributed by atoms with Crippen molar-refractivity contribution in [1.82, 2.24) is 9.21 Å². The maximum Gasteiger partial charge on any atom is 0.243 e. The first-order chi connectivity index (χ1) is 13.4. The average Bonchev–Trinajstić information content (AvgIpc) is 3.11. The molecular formula is C21H25N3O3S. The van der Waals surface area contributed by atoms with E-state index in [0.717, 1.165) is 24.2 Å². The Balaban J connectivity index is 1.36. The van der Waals surface area contributed by atoms with Crippen LogP contribution < -0.4 is 4.90 Å². The van der Waals surface area contributed by atoms with Gasteiger partial charge in [0, 0.05) is 38.4 Å². The van der Waals surface area contributed by atoms with Gasteiger partial charge in [-0.15, -0.1) is 0 Å². The normalized spacial score (nSPS) is 17.6. The lowest BCUT2D eigenvalue weighted by molar-refractivity contribution is -0.130. The molecule has 0 unspecified atom stereocenters. The maximum absolute atomic E-state index is 12.8. The average molecular weight is 400 g/mol. The van der Waals surface area contributed by atoms with E-state index in [1.54, 1.807) is 29.2 Å². The summed E-state index contributed by atoms with van der Waals surface area (Å²) in [5.74, 6) is 0.0593. The number of rotatable bonds is 4. The Kier molecular flexibility index (Phi) is 5.12. The van der Waals surface area contributed by atoms with Crippen LogP contribution in [0.25, 0.3) is 0 Å². The zero-order valence-corrected chi connectivity index (χ0v) is 16.9. The third-order valence-electron chi connectivity index (χ3n) is 5.56. The second-order valence-corrected chi connectivity index (χ2v) is 9.34. The molecule has 2 aromatic rings. The number of benzene rings is 2. The minimum atomic E-state index is -3.51. The van der Waals surface area contributed by atoms with Crippen LogP contribution in [0.4, 0.5) is 5.69 Å². The molecule has 0 N–H and O–H groups in total. The number of para-hydroxylation sites is 1. The number of amides is 1. The number of hydrogen-bond donors (Lipinski definition) is 0. The molecule has 1 amide bonds. The van der Waals surface area contributed by atoms with Gasteiger partial charge in [0.1, 0.15) is 0 Å². The molecule has 4 rings (SSSR count). The predicted molar refractivity (Wildman–Crippen MR) is 109 cm³/mol. The number of fused-ring (bicyclic) bond motifs is 1. The summed E-state index contributed by atoms with van der Waals surface area (Å²) in [5.41, 5.74) is 3.44. The summed E-state index contributed by atoms with van der Waals surface area (Å²) in [6, 6.07) is 15.1. The van der Waals surface area contributed by atoms with Crippen molar-refractivity contribution < 1.29 is 13.2 Å². The fourth-order valence-corrected chi connectivity index (χ4v) is 5.29. The maximum atomic E-state index is 12.8. The van der Waals surface area contributed by atoms with Crippen LogP contribution in [0.5, 0.6) is 0 Å². The standard InChI is InChI=1S/C21H25N3O3S/c1-17-6-8-19(9-7-17)28(26,27)24-14-12-22(13-15-24)21(25)16-23-11-10-18-4-2-3-5-20(18)23/h2-9H,10-16H2,1H3. The van der Waals surface area contributed by atoms with Crippen molar-refractivity contribution in [3.63, 3.8) is 0 Å². The van der Waals surface area contributed by atoms with Gasteiger partial charge in [0.25, 0.3) is 0 Å². The minimum absolute atomic E-state index is 0.0593. The molecule has 7 heteroatoms. The van der Waals surface area contributed by atoms with Crippen molar-refractivity contribution in [1.29, 1.82) is 0 Å². The zero-order chi connectivity index (χ0) is 19.7. The number of sulfonamides is 1. The first-order valence-electron chi connectivity index (χ1n) is 9.62. The van der Waals surface area contributed by atoms with Crippen LogP contribution in [0.2, 0.25) is 0 Å². The second kappa shape index (κ2) is 7.56. The van der Waals surface area contributed by atoms with Gasteiger partial charge in [-0.3, -0.25) is 4.79 Å². The van der Waals surface area contributed by atoms with E-state index in [4.69, 9.17) is 0 Å². The fourth-order valence-electron chi connectivity index (χ4n) is 3.87. The number of nitrogens with zero attached hydrogens (tertiary/aromatic N) is 3. The summed E-state index contributed by atoms with van der Waals surface area (Å²) in [6.45, 7) is 4.66. The van der Waals surface area contributed by atoms with Crippen molar-refractivity contribution in [2.24, 2.45) is 0 Å². The highest BCUT2D eigenvalue weighted by atomic mass is 32.2. The molecular weight excluding hydrogens is 374 g/mol. The zero-order valence-electron chi connectivity index (χ0n) is 16.0. The second-order valence-electron chi connectivity index (χ2n) is 7.40. The van der Waals surface area contributed by atoms with Crippen molar-refractivity contribution in [2.75, 3.05) is 44.2 Å². The van der Waals surface area contributed by atoms with Crippen molar-refractivity contribution in [3.8, 4) is 0 Å². The molecule has 2 heterocycles. The van der Waals surface area contributed by atoms with Crippen molar-refractivity contribution in [3.05, 3.63) is 59.7 Å². The van der Waals surface area contributed by atoms with Crippen LogP contribution in [-0.2, 0) is 21.2 Å². The Morgan fingerprint density at radius 2 is 1.61 bits per heavy atom. The molecule has 0 aliphatic carbocycles. The van der Waals surface area contributed by atoms with Gasteiger partial charge in [0.2, 0.25) is 15.9 Å². The Hall–Kier alpha value is -2.38. The lowest BCUT2D eigenvalue weighted by Crippen LogP contribution is -2.52. The van der Waals surface area contributed by atoms with Crippen LogP contribution in [-0.4, -0.2) is 62.8 Å². The summed E-state index contributed by atoms with van der Waals surface area (Å²) in [4.78, 5) is 17.0. The van der Waals surface area contributed by atoms with Gasteiger partial charge in [0.05, 0.1) is 11.4 Å². The summed E-state index contributed by atoms with van der Waals surface area (Å²) >= 11 is 0. The van der Waals surface area contributed by atoms with E-state index in [9.17, 15) is 13.2 Å². The van der Waals surface area contributed by atoms with E-state index >= 15 is 0 Å². The van der Waals surface area contributed by atoms with E-state index in [1.807, 2.05) is 19.1 Å². The van der Waals surface area contributed by atoms with Crippen molar-refractivity contribution in [2.45, 2.75) is 18.2 Å². The highest BCUT2D eigenvalue weighted by Crippen LogP contribution is 2.27. The largest absolute Gasteiger partial charge is 0.362 e. The molecule has 148 valence electrons. The molecule has 0 bridgehead atoms. The number of carbonyl (C=O) groups excluding carboxylic acids is 1. The quantitative estimate of drug-likeness (QED) is 0.788. The topological polar surface area (TPSA) is 60.9 Å². The smallest absolute Gasteiger partial charge is 0.243 e. The van der Waals surface area contributed by atoms with Crippen LogP contribution in [0.1, 0.15) is 11.1 Å². The van der Waals surface area contributed by atoms with Crippen LogP contribution in [0.3, 0.4) is 0 Å². The van der Waals surface area contributed by atoms with Crippen molar-refractivity contribution >= 4 is 21.6 Å². The van der Waals surface area contributed by atoms with E-state index in [0.29, 0.717) is 37.6 Å². The first kappa shape index (κ1) is 19.0. The van der Waals surface area contributed by atoms with Crippen LogP contribution in [0.15, 0.2) is 53.4 Å². The number of piperazine rings is 1. The van der Waals surface area contributed by atoms with Gasteiger partial charge in [0.15, 0.2) is 0 Å². The molecule has 0 aromatic heterocycles. The van der Waals surface area contributed by atoms with E-state index in [-0.39, 0.29) is 5.91 Å². The van der Waals surface area contributed by atoms with E-state index in [2.05, 4.69) is 17.0 Å². The van der Waals surface area contributed by atoms with Gasteiger partial charge >= 0.3 is 0 Å². The number of anilines is 1. The molecule has 1 saturated heterocycles. The SMILES string of the molecule is Cc1ccc(S(=O)(=O)N2CCN(C(=O)CN3CCc4ccccc43)CC2)cc1. The molecule has 2 aliphatic rings. The van der Waals surface area contributed by atoms with E-state index in [1.165, 1.54) is 9.87 Å². The van der Waals surface area contributed by atoms with Gasteiger partial charge < -0.3 is 9.80 Å². The van der Waals surface area contributed by atoms with Crippen LogP contribution >= 0.6 is 0 Å². The first-order valence-corrected chi connectivity index (χ1v) is 11.1. The molecule has 1 fully saturated rings. The van der Waals surface area contributed by atoms with Gasteiger partial charge in [-0.25, -0.2) is 8.42 Å². The third kappa shape index (κ3) is 3.64. The Morgan fingerprint density at radius 1 is 0.929 bits per heavy atom. The number of hydrogen-bond acceptors (Lipinski definition) is 4. The molecule has 0 spiro atoms. The van der Waals surface area contributed by atoms with Gasteiger partial charge in [-0.2, -0.15) is 4.31 Å². The van der Waals surface area contributed by atoms with Gasteiger partial charge in [-0.1, -0.05) is 35.9 Å². The summed E-state index contributed by atoms with van der Waals surface area (Å²) in [7, 11) is -3.51. The number of aryl methyl sites for hydroxylation is 1. The molecule has 28 heavy (non-hydrogen) atoms. The lowest BCUT2D eigenvalue weighted by atomic mass is 10.2. The molecule has 2 aliphatic heterocycles. The lowest BCUT2D eigenvalue weighted by Gasteiger charge is -2.35. The monoisotopic (exact) mass is 399 g/mol. The third-order valence-corrected chi connectivity index (χ3v) is 7.47. The number of carbonyl (C=O) groups is 1. The summed E-state index contributed by atoms with van der Waals surface area (Å²) in [5, 5.41) is 0. The highest BCUT2D eigenvalue weighted by Gasteiger charge is 2.31. The Labute approximate surface area is 166 Å². The Bertz CT molecular complexity index is 965. The van der Waals surface area contributed by atoms with E-state index < -0.39 is 10.0 Å². The fraction of sp³-hybridized carbons (Fsp3) is 0.381. The van der Waals surface area contributed by atoms with Gasteiger partial charge in [-0.05, 0) is 37.1 Å². The molecule has 0 saturated carbocycles. The summed E-state index contributed by atoms with van der Waals surface area (Å²) in [6.07, 6.45) is 0.964. The molecule has 2 aromatic carbocycles.